The molecule has 1 aromatic carbocycles. The molecule has 2 aromatic heterocycles. The number of ether oxygens (including phenoxy) is 1. The van der Waals surface area contributed by atoms with Gasteiger partial charge in [-0.2, -0.15) is 4.68 Å². The van der Waals surface area contributed by atoms with E-state index in [-0.39, 0.29) is 19.0 Å². The molecule has 3 rings (SSSR count). The van der Waals surface area contributed by atoms with Crippen molar-refractivity contribution in [3.05, 3.63) is 59.3 Å². The molecule has 0 bridgehead atoms. The molecule has 0 unspecified atom stereocenters. The summed E-state index contributed by atoms with van der Waals surface area (Å²) < 4.78 is 16.5. The molecule has 1 atom stereocenters. The van der Waals surface area contributed by atoms with E-state index in [0.717, 1.165) is 4.68 Å². The van der Waals surface area contributed by atoms with Crippen molar-refractivity contribution in [3.8, 4) is 17.4 Å². The van der Waals surface area contributed by atoms with Crippen LogP contribution in [-0.4, -0.2) is 27.6 Å². The van der Waals surface area contributed by atoms with Crippen molar-refractivity contribution >= 4 is 0 Å². The van der Waals surface area contributed by atoms with Crippen molar-refractivity contribution in [3.63, 3.8) is 0 Å². The first-order valence-electron chi connectivity index (χ1n) is 6.70. The molecule has 0 aliphatic heterocycles. The van der Waals surface area contributed by atoms with Gasteiger partial charge in [0.25, 0.3) is 5.89 Å². The van der Waals surface area contributed by atoms with Gasteiger partial charge in [-0.1, -0.05) is 18.2 Å². The summed E-state index contributed by atoms with van der Waals surface area (Å²) in [4.78, 5) is 11.7. The molecule has 114 valence electrons. The van der Waals surface area contributed by atoms with E-state index < -0.39 is 11.9 Å². The van der Waals surface area contributed by atoms with Gasteiger partial charge in [0.15, 0.2) is 5.76 Å². The van der Waals surface area contributed by atoms with Gasteiger partial charge < -0.3 is 18.7 Å². The first-order valence-corrected chi connectivity index (χ1v) is 6.70. The van der Waals surface area contributed by atoms with Crippen LogP contribution in [0.3, 0.4) is 0 Å². The van der Waals surface area contributed by atoms with Crippen LogP contribution in [0.25, 0.3) is 11.7 Å². The molecule has 0 fully saturated rings. The predicted molar refractivity (Wildman–Crippen MR) is 76.4 cm³/mol. The highest BCUT2D eigenvalue weighted by molar-refractivity contribution is 5.42. The number of rotatable bonds is 6. The van der Waals surface area contributed by atoms with Gasteiger partial charge in [-0.25, -0.2) is 4.79 Å². The highest BCUT2D eigenvalue weighted by Gasteiger charge is 2.15. The van der Waals surface area contributed by atoms with E-state index in [4.69, 9.17) is 13.6 Å². The third-order valence-electron chi connectivity index (χ3n) is 2.91. The number of para-hydroxylation sites is 1. The monoisotopic (exact) mass is 302 g/mol. The highest BCUT2D eigenvalue weighted by atomic mass is 16.5. The number of aliphatic hydroxyl groups is 1. The molecule has 0 aliphatic carbocycles. The summed E-state index contributed by atoms with van der Waals surface area (Å²) >= 11 is 0. The summed E-state index contributed by atoms with van der Waals surface area (Å²) in [6, 6.07) is 12.4. The molecular formula is C15H14N2O5. The van der Waals surface area contributed by atoms with Gasteiger partial charge in [-0.3, -0.25) is 0 Å². The van der Waals surface area contributed by atoms with Crippen LogP contribution in [0.1, 0.15) is 0 Å². The van der Waals surface area contributed by atoms with Gasteiger partial charge in [0, 0.05) is 0 Å². The number of hydrogen-bond acceptors (Lipinski definition) is 6. The number of aromatic nitrogens is 2. The maximum atomic E-state index is 11.7. The molecule has 7 nitrogen and oxygen atoms in total. The molecule has 0 aliphatic rings. The first kappa shape index (κ1) is 14.2. The van der Waals surface area contributed by atoms with E-state index in [0.29, 0.717) is 11.5 Å². The molecule has 7 heteroatoms. The van der Waals surface area contributed by atoms with Crippen molar-refractivity contribution in [1.29, 1.82) is 0 Å². The summed E-state index contributed by atoms with van der Waals surface area (Å²) in [6.07, 6.45) is 0.559. The Hall–Kier alpha value is -2.80. The topological polar surface area (TPSA) is 90.6 Å². The quantitative estimate of drug-likeness (QED) is 0.742. The first-order chi connectivity index (χ1) is 10.7. The van der Waals surface area contributed by atoms with Crippen LogP contribution in [-0.2, 0) is 6.54 Å². The second-order valence-corrected chi connectivity index (χ2v) is 4.61. The highest BCUT2D eigenvalue weighted by Crippen LogP contribution is 2.15. The molecule has 2 heterocycles. The number of benzene rings is 1. The Morgan fingerprint density at radius 3 is 2.77 bits per heavy atom. The van der Waals surface area contributed by atoms with E-state index in [2.05, 4.69) is 5.10 Å². The van der Waals surface area contributed by atoms with Gasteiger partial charge in [-0.05, 0) is 24.3 Å². The molecule has 0 radical (unpaired) electrons. The third kappa shape index (κ3) is 3.26. The Bertz CT molecular complexity index is 761. The minimum absolute atomic E-state index is 0.0319. The molecule has 1 N–H and O–H groups in total. The fourth-order valence-electron chi connectivity index (χ4n) is 1.88. The van der Waals surface area contributed by atoms with E-state index >= 15 is 0 Å². The van der Waals surface area contributed by atoms with Crippen LogP contribution in [0.4, 0.5) is 0 Å². The van der Waals surface area contributed by atoms with Crippen molar-refractivity contribution in [1.82, 2.24) is 9.78 Å². The van der Waals surface area contributed by atoms with Gasteiger partial charge in [0.05, 0.1) is 12.8 Å². The Kier molecular flexibility index (Phi) is 4.06. The van der Waals surface area contributed by atoms with Gasteiger partial charge in [-0.15, -0.1) is 5.10 Å². The summed E-state index contributed by atoms with van der Waals surface area (Å²) in [5, 5.41) is 13.9. The fourth-order valence-corrected chi connectivity index (χ4v) is 1.88. The number of aliphatic hydroxyl groups excluding tert-OH is 1. The normalized spacial score (nSPS) is 12.2. The maximum absolute atomic E-state index is 11.7. The lowest BCUT2D eigenvalue weighted by molar-refractivity contribution is 0.0875. The average Bonchev–Trinajstić information content (AvgIpc) is 3.17. The predicted octanol–water partition coefficient (Wildman–Crippen LogP) is 1.54. The van der Waals surface area contributed by atoms with E-state index in [1.807, 2.05) is 18.2 Å². The summed E-state index contributed by atoms with van der Waals surface area (Å²) in [7, 11) is 0. The van der Waals surface area contributed by atoms with Gasteiger partial charge in [0.1, 0.15) is 18.5 Å². The number of nitrogens with zero attached hydrogens (tertiary/aromatic N) is 2. The SMILES string of the molecule is O=c1oc(-c2ccco2)nn1C[C@@H](O)COc1ccccc1. The third-order valence-corrected chi connectivity index (χ3v) is 2.91. The van der Waals surface area contributed by atoms with Crippen LogP contribution in [0.15, 0.2) is 62.4 Å². The Balaban J connectivity index is 1.62. The van der Waals surface area contributed by atoms with Crippen LogP contribution in [0, 0.1) is 0 Å². The van der Waals surface area contributed by atoms with Crippen molar-refractivity contribution in [2.45, 2.75) is 12.6 Å². The average molecular weight is 302 g/mol. The van der Waals surface area contributed by atoms with Crippen molar-refractivity contribution in [2.75, 3.05) is 6.61 Å². The second kappa shape index (κ2) is 6.31. The van der Waals surface area contributed by atoms with Crippen LogP contribution in [0.5, 0.6) is 5.75 Å². The lowest BCUT2D eigenvalue weighted by Crippen LogP contribution is -2.29. The zero-order valence-electron chi connectivity index (χ0n) is 11.6. The summed E-state index contributed by atoms with van der Waals surface area (Å²) in [6.45, 7) is 0.00920. The largest absolute Gasteiger partial charge is 0.491 e. The van der Waals surface area contributed by atoms with Crippen LogP contribution in [0.2, 0.25) is 0 Å². The van der Waals surface area contributed by atoms with Gasteiger partial charge >= 0.3 is 5.76 Å². The number of furan rings is 1. The standard InChI is InChI=1S/C15H14N2O5/c18-11(10-21-12-5-2-1-3-6-12)9-17-15(19)22-14(16-17)13-7-4-8-20-13/h1-8,11,18H,9-10H2/t11-/m1/s1. The number of hydrogen-bond donors (Lipinski definition) is 1. The smallest absolute Gasteiger partial charge is 0.437 e. The van der Waals surface area contributed by atoms with E-state index in [9.17, 15) is 9.90 Å². The summed E-state index contributed by atoms with van der Waals surface area (Å²) in [5.41, 5.74) is 0. The molecule has 3 aromatic rings. The lowest BCUT2D eigenvalue weighted by atomic mass is 10.3. The van der Waals surface area contributed by atoms with Gasteiger partial charge in [0.2, 0.25) is 0 Å². The van der Waals surface area contributed by atoms with Crippen molar-refractivity contribution in [2.24, 2.45) is 0 Å². The molecule has 0 amide bonds. The maximum Gasteiger partial charge on any atom is 0.437 e. The zero-order chi connectivity index (χ0) is 15.4. The second-order valence-electron chi connectivity index (χ2n) is 4.61. The molecular weight excluding hydrogens is 288 g/mol. The molecule has 0 spiro atoms. The fraction of sp³-hybridized carbons (Fsp3) is 0.200. The molecule has 0 saturated heterocycles. The minimum atomic E-state index is -0.896. The Morgan fingerprint density at radius 1 is 1.23 bits per heavy atom. The van der Waals surface area contributed by atoms with E-state index in [1.165, 1.54) is 6.26 Å². The summed E-state index contributed by atoms with van der Waals surface area (Å²) in [5.74, 6) is 0.410. The van der Waals surface area contributed by atoms with Crippen LogP contribution >= 0.6 is 0 Å². The lowest BCUT2D eigenvalue weighted by Gasteiger charge is -2.11. The van der Waals surface area contributed by atoms with Crippen LogP contribution < -0.4 is 10.5 Å². The Morgan fingerprint density at radius 2 is 2.05 bits per heavy atom. The zero-order valence-corrected chi connectivity index (χ0v) is 11.6. The Labute approximate surface area is 125 Å². The molecule has 0 saturated carbocycles. The minimum Gasteiger partial charge on any atom is -0.491 e. The molecule has 22 heavy (non-hydrogen) atoms. The van der Waals surface area contributed by atoms with Crippen molar-refractivity contribution < 1.29 is 18.7 Å². The van der Waals surface area contributed by atoms with E-state index in [1.54, 1.807) is 24.3 Å².